The summed E-state index contributed by atoms with van der Waals surface area (Å²) in [5, 5.41) is 2.56. The van der Waals surface area contributed by atoms with Crippen LogP contribution in [0.25, 0.3) is 0 Å². The van der Waals surface area contributed by atoms with E-state index in [9.17, 15) is 18.0 Å². The first kappa shape index (κ1) is 15.8. The zero-order valence-corrected chi connectivity index (χ0v) is 11.8. The molecule has 1 rings (SSSR count). The van der Waals surface area contributed by atoms with Crippen LogP contribution >= 0.6 is 15.9 Å². The molecular weight excluding hydrogens is 323 g/mol. The molecule has 104 valence electrons. The number of alkyl halides is 3. The Balaban J connectivity index is 2.81. The van der Waals surface area contributed by atoms with E-state index in [1.165, 1.54) is 12.1 Å². The first-order chi connectivity index (χ1) is 8.86. The molecule has 1 aromatic rings. The molecule has 0 saturated heterocycles. The standard InChI is InChI=1S/C13H13BrF3NO/c1-2-3-4-7-18-12(19)9-5-6-11(14)10(8-9)13(15,16)17/h2-3,5-6,8H,4,7H2,1H3,(H,18,19)/b3-2+. The summed E-state index contributed by atoms with van der Waals surface area (Å²) in [4.78, 5) is 11.7. The molecule has 0 spiro atoms. The molecule has 0 heterocycles. The topological polar surface area (TPSA) is 29.1 Å². The highest BCUT2D eigenvalue weighted by Crippen LogP contribution is 2.35. The lowest BCUT2D eigenvalue weighted by molar-refractivity contribution is -0.138. The molecule has 0 aliphatic heterocycles. The second kappa shape index (κ2) is 6.75. The lowest BCUT2D eigenvalue weighted by Gasteiger charge is -2.11. The van der Waals surface area contributed by atoms with Gasteiger partial charge in [-0.15, -0.1) is 0 Å². The van der Waals surface area contributed by atoms with Crippen LogP contribution in [0.4, 0.5) is 13.2 Å². The number of amides is 1. The molecule has 1 N–H and O–H groups in total. The molecule has 1 aromatic carbocycles. The molecule has 19 heavy (non-hydrogen) atoms. The zero-order chi connectivity index (χ0) is 14.5. The molecule has 0 aliphatic rings. The number of rotatable bonds is 4. The van der Waals surface area contributed by atoms with E-state index < -0.39 is 17.6 Å². The molecule has 0 unspecified atom stereocenters. The van der Waals surface area contributed by atoms with Crippen molar-refractivity contribution in [3.63, 3.8) is 0 Å². The van der Waals surface area contributed by atoms with Crippen LogP contribution in [0.15, 0.2) is 34.8 Å². The minimum atomic E-state index is -4.49. The van der Waals surface area contributed by atoms with Gasteiger partial charge in [0.05, 0.1) is 5.56 Å². The minimum Gasteiger partial charge on any atom is -0.352 e. The van der Waals surface area contributed by atoms with Crippen molar-refractivity contribution in [1.82, 2.24) is 5.32 Å². The van der Waals surface area contributed by atoms with Gasteiger partial charge in [-0.1, -0.05) is 28.1 Å². The number of hydrogen-bond acceptors (Lipinski definition) is 1. The second-order valence-corrected chi connectivity index (χ2v) is 4.66. The molecular formula is C13H13BrF3NO. The smallest absolute Gasteiger partial charge is 0.352 e. The third-order valence-electron chi connectivity index (χ3n) is 2.37. The van der Waals surface area contributed by atoms with E-state index >= 15 is 0 Å². The van der Waals surface area contributed by atoms with E-state index in [4.69, 9.17) is 0 Å². The lowest BCUT2D eigenvalue weighted by Crippen LogP contribution is -2.24. The lowest BCUT2D eigenvalue weighted by atomic mass is 10.1. The van der Waals surface area contributed by atoms with Crippen molar-refractivity contribution in [2.24, 2.45) is 0 Å². The van der Waals surface area contributed by atoms with Crippen LogP contribution in [0.3, 0.4) is 0 Å². The molecule has 0 aliphatic carbocycles. The molecule has 0 bridgehead atoms. The Kier molecular flexibility index (Phi) is 5.60. The third kappa shape index (κ3) is 4.70. The first-order valence-corrected chi connectivity index (χ1v) is 6.41. The highest BCUT2D eigenvalue weighted by atomic mass is 79.9. The largest absolute Gasteiger partial charge is 0.417 e. The number of carbonyl (C=O) groups is 1. The SMILES string of the molecule is C/C=C/CCNC(=O)c1ccc(Br)c(C(F)(F)F)c1. The first-order valence-electron chi connectivity index (χ1n) is 5.62. The predicted molar refractivity (Wildman–Crippen MR) is 70.9 cm³/mol. The summed E-state index contributed by atoms with van der Waals surface area (Å²) in [6.07, 6.45) is -0.137. The van der Waals surface area contributed by atoms with Crippen LogP contribution in [0.2, 0.25) is 0 Å². The van der Waals surface area contributed by atoms with Gasteiger partial charge in [0.1, 0.15) is 0 Å². The van der Waals surface area contributed by atoms with Gasteiger partial charge in [0.15, 0.2) is 0 Å². The highest BCUT2D eigenvalue weighted by molar-refractivity contribution is 9.10. The Morgan fingerprint density at radius 2 is 2.11 bits per heavy atom. The quantitative estimate of drug-likeness (QED) is 0.649. The van der Waals surface area contributed by atoms with E-state index in [0.717, 1.165) is 6.07 Å². The van der Waals surface area contributed by atoms with E-state index in [2.05, 4.69) is 21.2 Å². The third-order valence-corrected chi connectivity index (χ3v) is 3.06. The fraction of sp³-hybridized carbons (Fsp3) is 0.308. The number of allylic oxidation sites excluding steroid dienone is 1. The van der Waals surface area contributed by atoms with E-state index in [1.807, 2.05) is 19.1 Å². The van der Waals surface area contributed by atoms with Gasteiger partial charge in [0, 0.05) is 16.6 Å². The summed E-state index contributed by atoms with van der Waals surface area (Å²) in [6.45, 7) is 2.24. The number of hydrogen-bond donors (Lipinski definition) is 1. The van der Waals surface area contributed by atoms with Gasteiger partial charge in [0.25, 0.3) is 5.91 Å². The zero-order valence-electron chi connectivity index (χ0n) is 10.2. The maximum Gasteiger partial charge on any atom is 0.417 e. The number of benzene rings is 1. The van der Waals surface area contributed by atoms with Gasteiger partial charge in [-0.2, -0.15) is 13.2 Å². The Morgan fingerprint density at radius 3 is 2.68 bits per heavy atom. The van der Waals surface area contributed by atoms with Crippen LogP contribution in [-0.2, 0) is 6.18 Å². The minimum absolute atomic E-state index is 0.00370. The fourth-order valence-corrected chi connectivity index (χ4v) is 1.89. The molecule has 0 saturated carbocycles. The van der Waals surface area contributed by atoms with Crippen LogP contribution in [0, 0.1) is 0 Å². The molecule has 0 radical (unpaired) electrons. The Morgan fingerprint density at radius 1 is 1.42 bits per heavy atom. The van der Waals surface area contributed by atoms with E-state index in [0.29, 0.717) is 13.0 Å². The van der Waals surface area contributed by atoms with E-state index in [-0.39, 0.29) is 10.0 Å². The van der Waals surface area contributed by atoms with Gasteiger partial charge < -0.3 is 5.32 Å². The van der Waals surface area contributed by atoms with Gasteiger partial charge in [0.2, 0.25) is 0 Å². The Hall–Kier alpha value is -1.30. The van der Waals surface area contributed by atoms with Gasteiger partial charge in [-0.25, -0.2) is 0 Å². The van der Waals surface area contributed by atoms with Crippen LogP contribution < -0.4 is 5.32 Å². The molecule has 6 heteroatoms. The monoisotopic (exact) mass is 335 g/mol. The van der Waals surface area contributed by atoms with Crippen molar-refractivity contribution in [2.45, 2.75) is 19.5 Å². The van der Waals surface area contributed by atoms with Crippen LogP contribution in [0.5, 0.6) is 0 Å². The van der Waals surface area contributed by atoms with Crippen molar-refractivity contribution < 1.29 is 18.0 Å². The van der Waals surface area contributed by atoms with E-state index in [1.54, 1.807) is 0 Å². The average molecular weight is 336 g/mol. The predicted octanol–water partition coefficient (Wildman–Crippen LogP) is 4.16. The molecule has 0 aromatic heterocycles. The van der Waals surface area contributed by atoms with Gasteiger partial charge >= 0.3 is 6.18 Å². The fourth-order valence-electron chi connectivity index (χ4n) is 1.42. The summed E-state index contributed by atoms with van der Waals surface area (Å²) in [5.41, 5.74) is -0.857. The van der Waals surface area contributed by atoms with Crippen molar-refractivity contribution in [1.29, 1.82) is 0 Å². The van der Waals surface area contributed by atoms with Crippen LogP contribution in [-0.4, -0.2) is 12.5 Å². The normalized spacial score (nSPS) is 11.8. The van der Waals surface area contributed by atoms with Crippen molar-refractivity contribution in [3.05, 3.63) is 46.0 Å². The Bertz CT molecular complexity index is 483. The Labute approximate surface area is 117 Å². The maximum absolute atomic E-state index is 12.7. The summed E-state index contributed by atoms with van der Waals surface area (Å²) in [6, 6.07) is 3.42. The summed E-state index contributed by atoms with van der Waals surface area (Å²) >= 11 is 2.83. The van der Waals surface area contributed by atoms with Gasteiger partial charge in [-0.05, 0) is 31.5 Å². The summed E-state index contributed by atoms with van der Waals surface area (Å²) < 4.78 is 37.9. The maximum atomic E-state index is 12.7. The number of nitrogens with one attached hydrogen (secondary N) is 1. The van der Waals surface area contributed by atoms with Crippen molar-refractivity contribution in [3.8, 4) is 0 Å². The van der Waals surface area contributed by atoms with Crippen molar-refractivity contribution in [2.75, 3.05) is 6.54 Å². The second-order valence-electron chi connectivity index (χ2n) is 3.81. The van der Waals surface area contributed by atoms with Crippen molar-refractivity contribution >= 4 is 21.8 Å². The summed E-state index contributed by atoms with van der Waals surface area (Å²) in [5.74, 6) is -0.512. The molecule has 0 fully saturated rings. The number of carbonyl (C=O) groups excluding carboxylic acids is 1. The van der Waals surface area contributed by atoms with Gasteiger partial charge in [-0.3, -0.25) is 4.79 Å². The average Bonchev–Trinajstić information content (AvgIpc) is 2.33. The highest BCUT2D eigenvalue weighted by Gasteiger charge is 2.33. The molecule has 0 atom stereocenters. The number of halogens is 4. The molecule has 2 nitrogen and oxygen atoms in total. The molecule has 1 amide bonds. The summed E-state index contributed by atoms with van der Waals surface area (Å²) in [7, 11) is 0. The van der Waals surface area contributed by atoms with Crippen LogP contribution in [0.1, 0.15) is 29.3 Å².